The number of hydrogen-bond acceptors (Lipinski definition) is 2. The molecule has 4 nitrogen and oxygen atoms in total. The molecule has 104 valence electrons. The van der Waals surface area contributed by atoms with E-state index in [-0.39, 0.29) is 18.1 Å². The van der Waals surface area contributed by atoms with Gasteiger partial charge in [0.05, 0.1) is 18.8 Å². The summed E-state index contributed by atoms with van der Waals surface area (Å²) in [6.45, 7) is 1.36. The van der Waals surface area contributed by atoms with Crippen LogP contribution < -0.4 is 0 Å². The third-order valence-corrected chi connectivity index (χ3v) is 4.50. The monoisotopic (exact) mass is 270 g/mol. The van der Waals surface area contributed by atoms with E-state index in [1.165, 1.54) is 0 Å². The van der Waals surface area contributed by atoms with Crippen molar-refractivity contribution in [2.24, 2.45) is 0 Å². The molecule has 20 heavy (non-hydrogen) atoms. The summed E-state index contributed by atoms with van der Waals surface area (Å²) >= 11 is 0. The van der Waals surface area contributed by atoms with Crippen molar-refractivity contribution >= 4 is 16.8 Å². The first-order valence-corrected chi connectivity index (χ1v) is 7.33. The van der Waals surface area contributed by atoms with Crippen molar-refractivity contribution in [3.05, 3.63) is 36.0 Å². The Kier molecular flexibility index (Phi) is 2.77. The molecule has 4 rings (SSSR count). The topological polar surface area (TPSA) is 45.3 Å². The molecule has 2 aliphatic rings. The average Bonchev–Trinajstić information content (AvgIpc) is 3.12. The fourth-order valence-electron chi connectivity index (χ4n) is 3.52. The number of H-pyrrole nitrogens is 1. The number of nitrogens with one attached hydrogen (secondary N) is 1. The molecule has 1 saturated heterocycles. The summed E-state index contributed by atoms with van der Waals surface area (Å²) in [6.07, 6.45) is 3.56. The van der Waals surface area contributed by atoms with E-state index in [1.807, 2.05) is 35.2 Å². The van der Waals surface area contributed by atoms with Gasteiger partial charge in [-0.1, -0.05) is 18.2 Å². The highest BCUT2D eigenvalue weighted by molar-refractivity contribution is 5.98. The van der Waals surface area contributed by atoms with Gasteiger partial charge in [-0.05, 0) is 31.4 Å². The first kappa shape index (κ1) is 12.0. The van der Waals surface area contributed by atoms with E-state index in [2.05, 4.69) is 4.98 Å². The maximum atomic E-state index is 12.8. The van der Waals surface area contributed by atoms with Gasteiger partial charge < -0.3 is 14.6 Å². The lowest BCUT2D eigenvalue weighted by Crippen LogP contribution is -2.51. The van der Waals surface area contributed by atoms with Crippen molar-refractivity contribution in [3.8, 4) is 0 Å². The minimum atomic E-state index is 0.112. The summed E-state index contributed by atoms with van der Waals surface area (Å²) < 4.78 is 5.77. The molecule has 2 atom stereocenters. The van der Waals surface area contributed by atoms with Crippen LogP contribution >= 0.6 is 0 Å². The molecule has 2 fully saturated rings. The van der Waals surface area contributed by atoms with Crippen LogP contribution in [0.1, 0.15) is 29.8 Å². The molecule has 1 N–H and O–H groups in total. The molecule has 2 unspecified atom stereocenters. The number of nitrogens with zero attached hydrogens (tertiary/aromatic N) is 1. The van der Waals surface area contributed by atoms with E-state index in [4.69, 9.17) is 4.74 Å². The second-order valence-corrected chi connectivity index (χ2v) is 5.68. The summed E-state index contributed by atoms with van der Waals surface area (Å²) in [5, 5.41) is 1.09. The standard InChI is InChI=1S/C16H18N2O2/c19-16(13-10-11-4-1-2-5-12(11)17-13)18-8-9-20-15-7-3-6-14(15)18/h1-2,4-5,10,14-15,17H,3,6-9H2. The highest BCUT2D eigenvalue weighted by Crippen LogP contribution is 2.30. The first-order chi connectivity index (χ1) is 9.83. The second kappa shape index (κ2) is 4.63. The van der Waals surface area contributed by atoms with Crippen molar-refractivity contribution < 1.29 is 9.53 Å². The number of para-hydroxylation sites is 1. The van der Waals surface area contributed by atoms with Gasteiger partial charge in [-0.2, -0.15) is 0 Å². The van der Waals surface area contributed by atoms with Crippen molar-refractivity contribution in [3.63, 3.8) is 0 Å². The summed E-state index contributed by atoms with van der Waals surface area (Å²) in [7, 11) is 0. The number of amides is 1. The Morgan fingerprint density at radius 2 is 2.20 bits per heavy atom. The molecule has 1 aromatic carbocycles. The summed E-state index contributed by atoms with van der Waals surface area (Å²) in [6, 6.07) is 10.2. The Labute approximate surface area is 117 Å². The minimum Gasteiger partial charge on any atom is -0.374 e. The van der Waals surface area contributed by atoms with Gasteiger partial charge >= 0.3 is 0 Å². The lowest BCUT2D eigenvalue weighted by atomic mass is 10.1. The number of aromatic amines is 1. The molecule has 4 heteroatoms. The number of fused-ring (bicyclic) bond motifs is 2. The maximum absolute atomic E-state index is 12.8. The van der Waals surface area contributed by atoms with Gasteiger partial charge in [-0.25, -0.2) is 0 Å². The molecule has 1 aliphatic carbocycles. The van der Waals surface area contributed by atoms with E-state index >= 15 is 0 Å². The van der Waals surface area contributed by atoms with Crippen molar-refractivity contribution in [2.75, 3.05) is 13.2 Å². The van der Waals surface area contributed by atoms with Crippen molar-refractivity contribution in [1.29, 1.82) is 0 Å². The van der Waals surface area contributed by atoms with Crippen LogP contribution in [0, 0.1) is 0 Å². The number of aromatic nitrogens is 1. The summed E-state index contributed by atoms with van der Waals surface area (Å²) in [5.74, 6) is 0.112. The largest absolute Gasteiger partial charge is 0.374 e. The molecule has 2 aromatic rings. The van der Waals surface area contributed by atoms with Gasteiger partial charge in [-0.15, -0.1) is 0 Å². The SMILES string of the molecule is O=C(c1cc2ccccc2[nH]1)N1CCOC2CCCC21. The molecule has 0 spiro atoms. The Morgan fingerprint density at radius 1 is 1.30 bits per heavy atom. The highest BCUT2D eigenvalue weighted by atomic mass is 16.5. The quantitative estimate of drug-likeness (QED) is 0.865. The molecule has 1 aliphatic heterocycles. The minimum absolute atomic E-state index is 0.112. The zero-order valence-electron chi connectivity index (χ0n) is 11.3. The molecular formula is C16H18N2O2. The van der Waals surface area contributed by atoms with E-state index in [1.54, 1.807) is 0 Å². The maximum Gasteiger partial charge on any atom is 0.270 e. The Balaban J connectivity index is 1.65. The van der Waals surface area contributed by atoms with Gasteiger partial charge in [0.1, 0.15) is 5.69 Å². The fourth-order valence-corrected chi connectivity index (χ4v) is 3.52. The molecular weight excluding hydrogens is 252 g/mol. The van der Waals surface area contributed by atoms with Crippen molar-refractivity contribution in [2.45, 2.75) is 31.4 Å². The number of hydrogen-bond donors (Lipinski definition) is 1. The normalized spacial score (nSPS) is 25.9. The first-order valence-electron chi connectivity index (χ1n) is 7.33. The molecule has 1 amide bonds. The van der Waals surface area contributed by atoms with Gasteiger partial charge in [0.15, 0.2) is 0 Å². The third kappa shape index (κ3) is 1.83. The molecule has 1 aromatic heterocycles. The number of carbonyl (C=O) groups excluding carboxylic acids is 1. The Hall–Kier alpha value is -1.81. The van der Waals surface area contributed by atoms with Crippen LogP contribution in [0.15, 0.2) is 30.3 Å². The molecule has 1 saturated carbocycles. The van der Waals surface area contributed by atoms with E-state index in [9.17, 15) is 4.79 Å². The van der Waals surface area contributed by atoms with Gasteiger partial charge in [0.2, 0.25) is 0 Å². The predicted molar refractivity (Wildman–Crippen MR) is 76.7 cm³/mol. The van der Waals surface area contributed by atoms with E-state index < -0.39 is 0 Å². The zero-order chi connectivity index (χ0) is 13.5. The van der Waals surface area contributed by atoms with Crippen LogP contribution in [0.3, 0.4) is 0 Å². The summed E-state index contributed by atoms with van der Waals surface area (Å²) in [4.78, 5) is 18.0. The van der Waals surface area contributed by atoms with Crippen LogP contribution in [0.5, 0.6) is 0 Å². The Morgan fingerprint density at radius 3 is 3.10 bits per heavy atom. The second-order valence-electron chi connectivity index (χ2n) is 5.68. The number of morpholine rings is 1. The smallest absolute Gasteiger partial charge is 0.270 e. The van der Waals surface area contributed by atoms with Crippen LogP contribution in [-0.2, 0) is 4.74 Å². The van der Waals surface area contributed by atoms with Gasteiger partial charge in [0.25, 0.3) is 5.91 Å². The van der Waals surface area contributed by atoms with Gasteiger partial charge in [-0.3, -0.25) is 4.79 Å². The van der Waals surface area contributed by atoms with Crippen molar-refractivity contribution in [1.82, 2.24) is 9.88 Å². The van der Waals surface area contributed by atoms with Crippen LogP contribution in [0.2, 0.25) is 0 Å². The third-order valence-electron chi connectivity index (χ3n) is 4.50. The lowest BCUT2D eigenvalue weighted by molar-refractivity contribution is -0.0446. The van der Waals surface area contributed by atoms with Crippen LogP contribution in [-0.4, -0.2) is 41.1 Å². The molecule has 2 heterocycles. The van der Waals surface area contributed by atoms with Crippen LogP contribution in [0.25, 0.3) is 10.9 Å². The average molecular weight is 270 g/mol. The van der Waals surface area contributed by atoms with Crippen LogP contribution in [0.4, 0.5) is 0 Å². The number of rotatable bonds is 1. The predicted octanol–water partition coefficient (Wildman–Crippen LogP) is 2.56. The number of benzene rings is 1. The number of carbonyl (C=O) groups is 1. The Bertz CT molecular complexity index is 616. The molecule has 0 bridgehead atoms. The van der Waals surface area contributed by atoms with Gasteiger partial charge in [0, 0.05) is 17.4 Å². The lowest BCUT2D eigenvalue weighted by Gasteiger charge is -2.37. The number of ether oxygens (including phenoxy) is 1. The zero-order valence-corrected chi connectivity index (χ0v) is 11.3. The summed E-state index contributed by atoms with van der Waals surface area (Å²) in [5.41, 5.74) is 1.71. The highest BCUT2D eigenvalue weighted by Gasteiger charge is 2.38. The molecule has 0 radical (unpaired) electrons. The van der Waals surface area contributed by atoms with E-state index in [0.717, 1.165) is 30.2 Å². The van der Waals surface area contributed by atoms with E-state index in [0.29, 0.717) is 18.8 Å². The fraction of sp³-hybridized carbons (Fsp3) is 0.438.